The summed E-state index contributed by atoms with van der Waals surface area (Å²) in [6, 6.07) is 6.09. The van der Waals surface area contributed by atoms with Crippen molar-refractivity contribution in [2.75, 3.05) is 13.1 Å². The molecule has 1 rings (SSSR count). The zero-order chi connectivity index (χ0) is 15.9. The molecular formula is C15H24N2O3S. The summed E-state index contributed by atoms with van der Waals surface area (Å²) < 4.78 is 26.5. The average Bonchev–Trinajstić information content (AvgIpc) is 2.45. The summed E-state index contributed by atoms with van der Waals surface area (Å²) in [4.78, 5) is 12.1. The minimum Gasteiger partial charge on any atom is -0.352 e. The first-order valence-corrected chi connectivity index (χ1v) is 8.73. The van der Waals surface area contributed by atoms with Crippen LogP contribution < -0.4 is 10.0 Å². The van der Waals surface area contributed by atoms with Gasteiger partial charge in [0.2, 0.25) is 10.0 Å². The molecule has 1 amide bonds. The van der Waals surface area contributed by atoms with Crippen molar-refractivity contribution < 1.29 is 13.2 Å². The number of rotatable bonds is 8. The van der Waals surface area contributed by atoms with Crippen molar-refractivity contribution in [1.82, 2.24) is 10.0 Å². The van der Waals surface area contributed by atoms with Gasteiger partial charge in [-0.25, -0.2) is 13.1 Å². The number of benzene rings is 1. The van der Waals surface area contributed by atoms with E-state index in [1.807, 2.05) is 6.92 Å². The van der Waals surface area contributed by atoms with E-state index in [0.717, 1.165) is 6.42 Å². The maximum absolute atomic E-state index is 12.0. The van der Waals surface area contributed by atoms with Crippen LogP contribution >= 0.6 is 0 Å². The topological polar surface area (TPSA) is 75.3 Å². The Labute approximate surface area is 127 Å². The molecule has 0 heterocycles. The van der Waals surface area contributed by atoms with Gasteiger partial charge in [-0.1, -0.05) is 26.8 Å². The Morgan fingerprint density at radius 1 is 1.24 bits per heavy atom. The lowest BCUT2D eigenvalue weighted by molar-refractivity contribution is 0.0952. The molecule has 0 aromatic heterocycles. The summed E-state index contributed by atoms with van der Waals surface area (Å²) in [5.74, 6) is 0.262. The first-order chi connectivity index (χ1) is 9.86. The minimum atomic E-state index is -3.54. The van der Waals surface area contributed by atoms with Crippen molar-refractivity contribution in [2.24, 2.45) is 5.92 Å². The molecule has 0 aliphatic carbocycles. The molecular weight excluding hydrogens is 288 g/mol. The summed E-state index contributed by atoms with van der Waals surface area (Å²) in [6.07, 6.45) is 1.61. The van der Waals surface area contributed by atoms with Crippen molar-refractivity contribution >= 4 is 15.9 Å². The Morgan fingerprint density at radius 2 is 1.95 bits per heavy atom. The Bertz CT molecular complexity index is 568. The molecule has 0 aliphatic heterocycles. The highest BCUT2D eigenvalue weighted by Gasteiger charge is 2.15. The highest BCUT2D eigenvalue weighted by molar-refractivity contribution is 7.89. The van der Waals surface area contributed by atoms with Crippen LogP contribution in [0.2, 0.25) is 0 Å². The summed E-state index contributed by atoms with van der Waals surface area (Å²) >= 11 is 0. The molecule has 118 valence electrons. The van der Waals surface area contributed by atoms with E-state index in [9.17, 15) is 13.2 Å². The molecule has 5 nitrogen and oxygen atoms in total. The third-order valence-corrected chi connectivity index (χ3v) is 4.41. The van der Waals surface area contributed by atoms with Gasteiger partial charge in [-0.2, -0.15) is 0 Å². The van der Waals surface area contributed by atoms with Gasteiger partial charge in [0.05, 0.1) is 4.90 Å². The normalized spacial score (nSPS) is 11.6. The predicted octanol–water partition coefficient (Wildman–Crippen LogP) is 2.15. The molecule has 0 atom stereocenters. The smallest absolute Gasteiger partial charge is 0.251 e. The van der Waals surface area contributed by atoms with Crippen LogP contribution in [0.5, 0.6) is 0 Å². The standard InChI is InChI=1S/C15H24N2O3S/c1-4-9-17-21(19,20)14-7-5-6-13(11-14)15(18)16-10-8-12(2)3/h5-7,11-12,17H,4,8-10H2,1-3H3,(H,16,18). The van der Waals surface area contributed by atoms with Crippen LogP contribution in [0, 0.1) is 5.92 Å². The summed E-state index contributed by atoms with van der Waals surface area (Å²) in [7, 11) is -3.54. The van der Waals surface area contributed by atoms with Gasteiger partial charge in [0.1, 0.15) is 0 Å². The number of nitrogens with one attached hydrogen (secondary N) is 2. The maximum atomic E-state index is 12.0. The molecule has 6 heteroatoms. The van der Waals surface area contributed by atoms with E-state index in [1.54, 1.807) is 12.1 Å². The fourth-order valence-corrected chi connectivity index (χ4v) is 2.88. The molecule has 2 N–H and O–H groups in total. The van der Waals surface area contributed by atoms with Gasteiger partial charge in [-0.15, -0.1) is 0 Å². The fraction of sp³-hybridized carbons (Fsp3) is 0.533. The molecule has 0 fully saturated rings. The van der Waals surface area contributed by atoms with E-state index >= 15 is 0 Å². The van der Waals surface area contributed by atoms with Crippen molar-refractivity contribution in [1.29, 1.82) is 0 Å². The van der Waals surface area contributed by atoms with Gasteiger partial charge < -0.3 is 5.32 Å². The van der Waals surface area contributed by atoms with E-state index in [2.05, 4.69) is 23.9 Å². The van der Waals surface area contributed by atoms with Crippen molar-refractivity contribution in [3.63, 3.8) is 0 Å². The molecule has 0 unspecified atom stereocenters. The molecule has 0 saturated heterocycles. The average molecular weight is 312 g/mol. The Morgan fingerprint density at radius 3 is 2.57 bits per heavy atom. The van der Waals surface area contributed by atoms with Gasteiger partial charge in [-0.3, -0.25) is 4.79 Å². The second-order valence-electron chi connectivity index (χ2n) is 5.36. The first-order valence-electron chi connectivity index (χ1n) is 7.24. The Kier molecular flexibility index (Phi) is 6.84. The monoisotopic (exact) mass is 312 g/mol. The van der Waals surface area contributed by atoms with Crippen LogP contribution in [0.15, 0.2) is 29.2 Å². The van der Waals surface area contributed by atoms with E-state index < -0.39 is 10.0 Å². The van der Waals surface area contributed by atoms with Crippen molar-refractivity contribution in [3.05, 3.63) is 29.8 Å². The Balaban J connectivity index is 2.78. The SMILES string of the molecule is CCCNS(=O)(=O)c1cccc(C(=O)NCCC(C)C)c1. The third kappa shape index (κ3) is 5.85. The van der Waals surface area contributed by atoms with Crippen molar-refractivity contribution in [3.8, 4) is 0 Å². The van der Waals surface area contributed by atoms with Crippen LogP contribution in [0.25, 0.3) is 0 Å². The van der Waals surface area contributed by atoms with Gasteiger partial charge in [-0.05, 0) is 37.0 Å². The quantitative estimate of drug-likeness (QED) is 0.772. The summed E-state index contributed by atoms with van der Waals surface area (Å²) in [5, 5.41) is 2.80. The fourth-order valence-electron chi connectivity index (χ4n) is 1.70. The largest absolute Gasteiger partial charge is 0.352 e. The summed E-state index contributed by atoms with van der Waals surface area (Å²) in [6.45, 7) is 7.02. The third-order valence-electron chi connectivity index (χ3n) is 2.96. The second kappa shape index (κ2) is 8.14. The number of hydrogen-bond donors (Lipinski definition) is 2. The number of carbonyl (C=O) groups is 1. The van der Waals surface area contributed by atoms with E-state index in [0.29, 0.717) is 31.0 Å². The lowest BCUT2D eigenvalue weighted by Gasteiger charge is -2.09. The highest BCUT2D eigenvalue weighted by atomic mass is 32.2. The van der Waals surface area contributed by atoms with Gasteiger partial charge in [0.15, 0.2) is 0 Å². The van der Waals surface area contributed by atoms with E-state index in [4.69, 9.17) is 0 Å². The van der Waals surface area contributed by atoms with Crippen molar-refractivity contribution in [2.45, 2.75) is 38.5 Å². The molecule has 0 aliphatic rings. The number of hydrogen-bond acceptors (Lipinski definition) is 3. The van der Waals surface area contributed by atoms with Crippen LogP contribution in [0.1, 0.15) is 44.0 Å². The Hall–Kier alpha value is -1.40. The number of carbonyl (C=O) groups excluding carboxylic acids is 1. The van der Waals surface area contributed by atoms with Crippen LogP contribution in [-0.4, -0.2) is 27.4 Å². The number of sulfonamides is 1. The van der Waals surface area contributed by atoms with E-state index in [1.165, 1.54) is 12.1 Å². The summed E-state index contributed by atoms with van der Waals surface area (Å²) in [5.41, 5.74) is 0.359. The van der Waals surface area contributed by atoms with Gasteiger partial charge in [0.25, 0.3) is 5.91 Å². The van der Waals surface area contributed by atoms with Crippen LogP contribution in [0.3, 0.4) is 0 Å². The minimum absolute atomic E-state index is 0.118. The lowest BCUT2D eigenvalue weighted by Crippen LogP contribution is -2.27. The zero-order valence-corrected chi connectivity index (χ0v) is 13.7. The molecule has 1 aromatic carbocycles. The molecule has 21 heavy (non-hydrogen) atoms. The van der Waals surface area contributed by atoms with Crippen LogP contribution in [-0.2, 0) is 10.0 Å². The molecule has 1 aromatic rings. The molecule has 0 saturated carbocycles. The zero-order valence-electron chi connectivity index (χ0n) is 12.8. The van der Waals surface area contributed by atoms with Gasteiger partial charge >= 0.3 is 0 Å². The van der Waals surface area contributed by atoms with Crippen LogP contribution in [0.4, 0.5) is 0 Å². The molecule has 0 bridgehead atoms. The first kappa shape index (κ1) is 17.7. The maximum Gasteiger partial charge on any atom is 0.251 e. The lowest BCUT2D eigenvalue weighted by atomic mass is 10.1. The highest BCUT2D eigenvalue weighted by Crippen LogP contribution is 2.11. The molecule has 0 spiro atoms. The van der Waals surface area contributed by atoms with E-state index in [-0.39, 0.29) is 10.8 Å². The number of amides is 1. The van der Waals surface area contributed by atoms with Gasteiger partial charge in [0, 0.05) is 18.7 Å². The molecule has 0 radical (unpaired) electrons. The second-order valence-corrected chi connectivity index (χ2v) is 7.13. The predicted molar refractivity (Wildman–Crippen MR) is 83.7 cm³/mol.